The number of carbonyl (C=O) groups excluding carboxylic acids is 1. The Morgan fingerprint density at radius 2 is 2.00 bits per heavy atom. The molecule has 0 heterocycles. The van der Waals surface area contributed by atoms with Crippen molar-refractivity contribution < 1.29 is 24.9 Å². The molecule has 5 nitrogen and oxygen atoms in total. The molecule has 3 N–H and O–H groups in total. The van der Waals surface area contributed by atoms with Crippen LogP contribution in [-0.4, -0.2) is 40.6 Å². The minimum absolute atomic E-state index is 0.149. The normalized spacial score (nSPS) is 12.6. The van der Waals surface area contributed by atoms with Crippen molar-refractivity contribution in [3.8, 4) is 5.75 Å². The van der Waals surface area contributed by atoms with Crippen LogP contribution in [0.3, 0.4) is 0 Å². The lowest BCUT2D eigenvalue weighted by Gasteiger charge is -2.05. The van der Waals surface area contributed by atoms with Crippen molar-refractivity contribution in [3.63, 3.8) is 0 Å². The van der Waals surface area contributed by atoms with Gasteiger partial charge in [0, 0.05) is 6.08 Å². The van der Waals surface area contributed by atoms with Gasteiger partial charge in [-0.15, -0.1) is 0 Å². The van der Waals surface area contributed by atoms with Gasteiger partial charge < -0.3 is 20.1 Å². The average Bonchev–Trinajstić information content (AvgIpc) is 2.35. The third-order valence-corrected chi connectivity index (χ3v) is 1.93. The van der Waals surface area contributed by atoms with Gasteiger partial charge >= 0.3 is 5.97 Å². The summed E-state index contributed by atoms with van der Waals surface area (Å²) in [5.74, 6) is -0.457. The summed E-state index contributed by atoms with van der Waals surface area (Å²) in [6.45, 7) is -0.690. The Kier molecular flexibility index (Phi) is 5.19. The highest BCUT2D eigenvalue weighted by atomic mass is 16.5. The molecule has 5 heteroatoms. The zero-order valence-corrected chi connectivity index (χ0v) is 9.11. The smallest absolute Gasteiger partial charge is 0.330 e. The molecule has 0 radical (unpaired) electrons. The fourth-order valence-electron chi connectivity index (χ4n) is 1.03. The van der Waals surface area contributed by atoms with E-state index in [-0.39, 0.29) is 12.4 Å². The number of aliphatic hydroxyl groups is 2. The van der Waals surface area contributed by atoms with E-state index in [1.807, 2.05) is 0 Å². The lowest BCUT2D eigenvalue weighted by Crippen LogP contribution is -2.21. The second-order valence-electron chi connectivity index (χ2n) is 3.39. The van der Waals surface area contributed by atoms with Crippen LogP contribution in [0.1, 0.15) is 5.56 Å². The second-order valence-corrected chi connectivity index (χ2v) is 3.39. The highest BCUT2D eigenvalue weighted by Gasteiger charge is 2.04. The van der Waals surface area contributed by atoms with Crippen LogP contribution in [0.5, 0.6) is 5.75 Å². The van der Waals surface area contributed by atoms with Gasteiger partial charge in [-0.2, -0.15) is 0 Å². The summed E-state index contributed by atoms with van der Waals surface area (Å²) in [4.78, 5) is 11.2. The second kappa shape index (κ2) is 6.67. The Bertz CT molecular complexity index is 382. The third-order valence-electron chi connectivity index (χ3n) is 1.93. The highest BCUT2D eigenvalue weighted by Crippen LogP contribution is 2.10. The summed E-state index contributed by atoms with van der Waals surface area (Å²) >= 11 is 0. The molecular weight excluding hydrogens is 224 g/mol. The molecule has 0 aliphatic carbocycles. The molecule has 17 heavy (non-hydrogen) atoms. The van der Waals surface area contributed by atoms with Gasteiger partial charge in [0.15, 0.2) is 0 Å². The van der Waals surface area contributed by atoms with Crippen molar-refractivity contribution in [1.82, 2.24) is 0 Å². The summed E-state index contributed by atoms with van der Waals surface area (Å²) in [6.07, 6.45) is 1.67. The van der Waals surface area contributed by atoms with E-state index in [0.717, 1.165) is 5.56 Å². The number of aliphatic hydroxyl groups excluding tert-OH is 2. The molecule has 0 saturated carbocycles. The van der Waals surface area contributed by atoms with Gasteiger partial charge in [-0.3, -0.25) is 0 Å². The first-order valence-corrected chi connectivity index (χ1v) is 5.04. The number of aromatic hydroxyl groups is 1. The SMILES string of the molecule is O=C(C=Cc1ccc(O)cc1)OCC(O)CO. The number of carbonyl (C=O) groups is 1. The number of phenolic OH excluding ortho intramolecular Hbond substituents is 1. The van der Waals surface area contributed by atoms with Gasteiger partial charge in [-0.1, -0.05) is 12.1 Å². The van der Waals surface area contributed by atoms with Crippen molar-refractivity contribution in [2.75, 3.05) is 13.2 Å². The van der Waals surface area contributed by atoms with E-state index >= 15 is 0 Å². The first-order valence-electron chi connectivity index (χ1n) is 5.04. The van der Waals surface area contributed by atoms with Gasteiger partial charge in [0.25, 0.3) is 0 Å². The zero-order valence-electron chi connectivity index (χ0n) is 9.11. The minimum Gasteiger partial charge on any atom is -0.508 e. The van der Waals surface area contributed by atoms with E-state index in [1.54, 1.807) is 12.1 Å². The Balaban J connectivity index is 2.42. The molecule has 0 fully saturated rings. The average molecular weight is 238 g/mol. The van der Waals surface area contributed by atoms with E-state index in [9.17, 15) is 4.79 Å². The monoisotopic (exact) mass is 238 g/mol. The Morgan fingerprint density at radius 1 is 1.35 bits per heavy atom. The maximum atomic E-state index is 11.2. The number of ether oxygens (including phenoxy) is 1. The molecule has 0 aliphatic heterocycles. The Hall–Kier alpha value is -1.85. The lowest BCUT2D eigenvalue weighted by molar-refractivity contribution is -0.141. The van der Waals surface area contributed by atoms with Gasteiger partial charge in [-0.05, 0) is 23.8 Å². The fourth-order valence-corrected chi connectivity index (χ4v) is 1.03. The molecule has 1 aromatic rings. The molecule has 0 amide bonds. The van der Waals surface area contributed by atoms with Crippen LogP contribution in [0.2, 0.25) is 0 Å². The molecule has 0 aliphatic rings. The predicted molar refractivity (Wildman–Crippen MR) is 61.2 cm³/mol. The van der Waals surface area contributed by atoms with Gasteiger partial charge in [0.2, 0.25) is 0 Å². The van der Waals surface area contributed by atoms with Crippen LogP contribution in [0.4, 0.5) is 0 Å². The number of hydrogen-bond acceptors (Lipinski definition) is 5. The third kappa shape index (κ3) is 5.14. The van der Waals surface area contributed by atoms with Crippen LogP contribution in [-0.2, 0) is 9.53 Å². The van der Waals surface area contributed by atoms with Crippen molar-refractivity contribution >= 4 is 12.0 Å². The van der Waals surface area contributed by atoms with Gasteiger partial charge in [-0.25, -0.2) is 4.79 Å². The van der Waals surface area contributed by atoms with Crippen molar-refractivity contribution in [2.24, 2.45) is 0 Å². The van der Waals surface area contributed by atoms with Crippen molar-refractivity contribution in [1.29, 1.82) is 0 Å². The Labute approximate surface area is 98.6 Å². The van der Waals surface area contributed by atoms with Gasteiger partial charge in [0.05, 0.1) is 6.61 Å². The summed E-state index contributed by atoms with van der Waals surface area (Å²) < 4.78 is 4.66. The molecule has 1 aromatic carbocycles. The number of esters is 1. The number of phenols is 1. The quantitative estimate of drug-likeness (QED) is 0.507. The zero-order chi connectivity index (χ0) is 12.7. The van der Waals surface area contributed by atoms with Crippen molar-refractivity contribution in [2.45, 2.75) is 6.10 Å². The van der Waals surface area contributed by atoms with Crippen molar-refractivity contribution in [3.05, 3.63) is 35.9 Å². The minimum atomic E-state index is -1.05. The summed E-state index contributed by atoms with van der Waals surface area (Å²) in [5, 5.41) is 26.5. The lowest BCUT2D eigenvalue weighted by atomic mass is 10.2. The molecule has 1 rings (SSSR count). The van der Waals surface area contributed by atoms with Crippen LogP contribution < -0.4 is 0 Å². The van der Waals surface area contributed by atoms with Crippen LogP contribution >= 0.6 is 0 Å². The molecular formula is C12H14O5. The number of hydrogen-bond donors (Lipinski definition) is 3. The summed E-state index contributed by atoms with van der Waals surface area (Å²) in [7, 11) is 0. The van der Waals surface area contributed by atoms with E-state index in [4.69, 9.17) is 15.3 Å². The van der Waals surface area contributed by atoms with E-state index in [0.29, 0.717) is 0 Å². The maximum Gasteiger partial charge on any atom is 0.330 e. The molecule has 92 valence electrons. The fraction of sp³-hybridized carbons (Fsp3) is 0.250. The summed E-state index contributed by atoms with van der Waals surface area (Å²) in [6, 6.07) is 6.28. The van der Waals surface area contributed by atoms with Crippen LogP contribution in [0.15, 0.2) is 30.3 Å². The van der Waals surface area contributed by atoms with E-state index < -0.39 is 18.7 Å². The van der Waals surface area contributed by atoms with E-state index in [2.05, 4.69) is 4.74 Å². The Morgan fingerprint density at radius 3 is 2.59 bits per heavy atom. The van der Waals surface area contributed by atoms with E-state index in [1.165, 1.54) is 24.3 Å². The predicted octanol–water partition coefficient (Wildman–Crippen LogP) is 0.302. The molecule has 1 atom stereocenters. The summed E-state index contributed by atoms with van der Waals surface area (Å²) in [5.41, 5.74) is 0.738. The van der Waals surface area contributed by atoms with Gasteiger partial charge in [0.1, 0.15) is 18.5 Å². The molecule has 1 unspecified atom stereocenters. The standard InChI is InChI=1S/C12H14O5/c13-7-11(15)8-17-12(16)6-3-9-1-4-10(14)5-2-9/h1-6,11,13-15H,7-8H2. The number of rotatable bonds is 5. The molecule has 0 spiro atoms. The number of benzene rings is 1. The first kappa shape index (κ1) is 13.2. The molecule has 0 bridgehead atoms. The van der Waals surface area contributed by atoms with Crippen LogP contribution in [0.25, 0.3) is 6.08 Å². The first-order chi connectivity index (χ1) is 8.11. The topological polar surface area (TPSA) is 87.0 Å². The molecule has 0 saturated heterocycles. The maximum absolute atomic E-state index is 11.2. The molecule has 0 aromatic heterocycles. The van der Waals surface area contributed by atoms with Crippen LogP contribution in [0, 0.1) is 0 Å². The highest BCUT2D eigenvalue weighted by molar-refractivity contribution is 5.87. The largest absolute Gasteiger partial charge is 0.508 e.